The third-order valence-corrected chi connectivity index (χ3v) is 4.94. The Morgan fingerprint density at radius 2 is 2.04 bits per heavy atom. The summed E-state index contributed by atoms with van der Waals surface area (Å²) < 4.78 is 22.7. The Morgan fingerprint density at radius 1 is 1.39 bits per heavy atom. The molecule has 1 aromatic rings. The van der Waals surface area contributed by atoms with E-state index in [0.717, 1.165) is 32.1 Å². The summed E-state index contributed by atoms with van der Waals surface area (Å²) in [5.74, 6) is 0. The minimum absolute atomic E-state index is 0.0622. The lowest BCUT2D eigenvalue weighted by atomic mass is 10.2. The molecule has 1 aromatic carbocycles. The second kappa shape index (κ2) is 7.24. The summed E-state index contributed by atoms with van der Waals surface area (Å²) in [6, 6.07) is 3.75. The van der Waals surface area contributed by atoms with Gasteiger partial charge in [-0.15, -0.1) is 0 Å². The fraction of sp³-hybridized carbons (Fsp3) is 0.571. The molecule has 0 radical (unpaired) electrons. The number of hydrogen-bond donors (Lipinski definition) is 2. The number of benzene rings is 1. The second-order valence-corrected chi connectivity index (χ2v) is 7.30. The summed E-state index contributed by atoms with van der Waals surface area (Å²) in [5, 5.41) is 19.4. The van der Waals surface area contributed by atoms with E-state index in [1.165, 1.54) is 25.0 Å². The summed E-state index contributed by atoms with van der Waals surface area (Å²) in [5.41, 5.74) is 0.0323. The molecule has 0 saturated carbocycles. The fourth-order valence-corrected chi connectivity index (χ4v) is 3.27. The number of nitrogens with one attached hydrogen (secondary N) is 1. The van der Waals surface area contributed by atoms with Crippen molar-refractivity contribution in [3.63, 3.8) is 0 Å². The molecule has 8 nitrogen and oxygen atoms in total. The predicted octanol–water partition coefficient (Wildman–Crippen LogP) is 1.53. The summed E-state index contributed by atoms with van der Waals surface area (Å²) in [6.07, 6.45) is 3.17. The lowest BCUT2D eigenvalue weighted by molar-refractivity contribution is -0.384. The van der Waals surface area contributed by atoms with Crippen LogP contribution in [0.5, 0.6) is 0 Å². The number of hydrogen-bond acceptors (Lipinski definition) is 6. The SMILES string of the molecule is CC[C@H](CN1CCCC1)Nc1ccc(S(N)(=O)=O)cc1[N+](=O)[O-]. The molecule has 0 amide bonds. The molecule has 1 heterocycles. The van der Waals surface area contributed by atoms with Crippen molar-refractivity contribution in [3.05, 3.63) is 28.3 Å². The normalized spacial score (nSPS) is 17.1. The molecule has 1 fully saturated rings. The molecule has 1 saturated heterocycles. The summed E-state index contributed by atoms with van der Waals surface area (Å²) in [7, 11) is -3.97. The summed E-state index contributed by atoms with van der Waals surface area (Å²) >= 11 is 0. The Hall–Kier alpha value is -1.71. The topological polar surface area (TPSA) is 119 Å². The van der Waals surface area contributed by atoms with Crippen molar-refractivity contribution in [1.82, 2.24) is 4.90 Å². The van der Waals surface area contributed by atoms with E-state index in [0.29, 0.717) is 5.69 Å². The van der Waals surface area contributed by atoms with Gasteiger partial charge in [0.05, 0.1) is 9.82 Å². The minimum Gasteiger partial charge on any atom is -0.375 e. The third kappa shape index (κ3) is 4.63. The van der Waals surface area contributed by atoms with Gasteiger partial charge in [-0.1, -0.05) is 6.92 Å². The van der Waals surface area contributed by atoms with Crippen LogP contribution in [0.1, 0.15) is 26.2 Å². The van der Waals surface area contributed by atoms with Crippen molar-refractivity contribution in [2.45, 2.75) is 37.1 Å². The maximum absolute atomic E-state index is 11.4. The molecule has 0 spiro atoms. The van der Waals surface area contributed by atoms with Crippen molar-refractivity contribution in [1.29, 1.82) is 0 Å². The zero-order chi connectivity index (χ0) is 17.0. The van der Waals surface area contributed by atoms with Crippen LogP contribution in [0, 0.1) is 10.1 Å². The standard InChI is InChI=1S/C14H22N4O4S/c1-2-11(10-17-7-3-4-8-17)16-13-6-5-12(23(15,21)22)9-14(13)18(19)20/h5-6,9,11,16H,2-4,7-8,10H2,1H3,(H2,15,21,22)/t11-/m1/s1. The van der Waals surface area contributed by atoms with E-state index in [1.54, 1.807) is 0 Å². The Morgan fingerprint density at radius 3 is 2.57 bits per heavy atom. The van der Waals surface area contributed by atoms with Gasteiger partial charge in [0.25, 0.3) is 5.69 Å². The number of nitro groups is 1. The van der Waals surface area contributed by atoms with E-state index >= 15 is 0 Å². The summed E-state index contributed by atoms with van der Waals surface area (Å²) in [6.45, 7) is 4.91. The van der Waals surface area contributed by atoms with E-state index in [4.69, 9.17) is 5.14 Å². The van der Waals surface area contributed by atoms with E-state index in [-0.39, 0.29) is 16.6 Å². The van der Waals surface area contributed by atoms with Crippen LogP contribution in [0.3, 0.4) is 0 Å². The van der Waals surface area contributed by atoms with Crippen LogP contribution in [0.4, 0.5) is 11.4 Å². The molecule has 0 bridgehead atoms. The minimum atomic E-state index is -3.97. The molecule has 0 aliphatic carbocycles. The van der Waals surface area contributed by atoms with Gasteiger partial charge in [-0.05, 0) is 44.5 Å². The van der Waals surface area contributed by atoms with E-state index in [1.807, 2.05) is 6.92 Å². The quantitative estimate of drug-likeness (QED) is 0.573. The molecule has 23 heavy (non-hydrogen) atoms. The molecule has 1 aliphatic heterocycles. The molecular formula is C14H22N4O4S. The van der Waals surface area contributed by atoms with Crippen LogP contribution >= 0.6 is 0 Å². The first-order valence-electron chi connectivity index (χ1n) is 7.61. The van der Waals surface area contributed by atoms with Crippen molar-refractivity contribution in [2.24, 2.45) is 5.14 Å². The third-order valence-electron chi connectivity index (χ3n) is 4.02. The highest BCUT2D eigenvalue weighted by Gasteiger charge is 2.22. The van der Waals surface area contributed by atoms with Crippen LogP contribution in [0.2, 0.25) is 0 Å². The van der Waals surface area contributed by atoms with Gasteiger partial charge in [-0.25, -0.2) is 13.6 Å². The molecule has 1 aliphatic rings. The van der Waals surface area contributed by atoms with Crippen LogP contribution in [0.15, 0.2) is 23.1 Å². The largest absolute Gasteiger partial charge is 0.375 e. The average Bonchev–Trinajstić information content (AvgIpc) is 2.98. The van der Waals surface area contributed by atoms with Gasteiger partial charge in [-0.2, -0.15) is 0 Å². The zero-order valence-corrected chi connectivity index (χ0v) is 13.9. The molecule has 128 valence electrons. The first-order chi connectivity index (χ1) is 10.8. The molecular weight excluding hydrogens is 320 g/mol. The first-order valence-corrected chi connectivity index (χ1v) is 9.16. The molecule has 0 unspecified atom stereocenters. The van der Waals surface area contributed by atoms with Gasteiger partial charge < -0.3 is 10.2 Å². The van der Waals surface area contributed by atoms with E-state index < -0.39 is 14.9 Å². The summed E-state index contributed by atoms with van der Waals surface area (Å²) in [4.78, 5) is 12.7. The highest BCUT2D eigenvalue weighted by Crippen LogP contribution is 2.28. The van der Waals surface area contributed by atoms with Crippen LogP contribution in [-0.2, 0) is 10.0 Å². The average molecular weight is 342 g/mol. The predicted molar refractivity (Wildman–Crippen MR) is 87.8 cm³/mol. The van der Waals surface area contributed by atoms with Crippen LogP contribution < -0.4 is 10.5 Å². The van der Waals surface area contributed by atoms with E-state index in [9.17, 15) is 18.5 Å². The Labute approximate surface area is 135 Å². The van der Waals surface area contributed by atoms with Crippen molar-refractivity contribution in [2.75, 3.05) is 25.0 Å². The molecule has 3 N–H and O–H groups in total. The number of anilines is 1. The van der Waals surface area contributed by atoms with Crippen molar-refractivity contribution >= 4 is 21.4 Å². The van der Waals surface area contributed by atoms with Gasteiger partial charge in [-0.3, -0.25) is 10.1 Å². The Balaban J connectivity index is 2.21. The van der Waals surface area contributed by atoms with Gasteiger partial charge in [0.1, 0.15) is 5.69 Å². The molecule has 2 rings (SSSR count). The number of nitrogens with zero attached hydrogens (tertiary/aromatic N) is 2. The first kappa shape index (κ1) is 17.6. The van der Waals surface area contributed by atoms with Gasteiger partial charge in [0, 0.05) is 18.7 Å². The van der Waals surface area contributed by atoms with Gasteiger partial charge >= 0.3 is 0 Å². The Bertz CT molecular complexity index is 671. The van der Waals surface area contributed by atoms with Crippen molar-refractivity contribution < 1.29 is 13.3 Å². The number of primary sulfonamides is 1. The molecule has 9 heteroatoms. The van der Waals surface area contributed by atoms with Gasteiger partial charge in [0.15, 0.2) is 0 Å². The van der Waals surface area contributed by atoms with Crippen LogP contribution in [-0.4, -0.2) is 43.9 Å². The smallest absolute Gasteiger partial charge is 0.293 e. The Kier molecular flexibility index (Phi) is 5.55. The van der Waals surface area contributed by atoms with Crippen LogP contribution in [0.25, 0.3) is 0 Å². The van der Waals surface area contributed by atoms with Crippen molar-refractivity contribution in [3.8, 4) is 0 Å². The fourth-order valence-electron chi connectivity index (χ4n) is 2.74. The number of nitrogens with two attached hydrogens (primary N) is 1. The maximum Gasteiger partial charge on any atom is 0.293 e. The number of likely N-dealkylation sites (tertiary alicyclic amines) is 1. The highest BCUT2D eigenvalue weighted by atomic mass is 32.2. The second-order valence-electron chi connectivity index (χ2n) is 5.74. The number of rotatable bonds is 7. The van der Waals surface area contributed by atoms with Gasteiger partial charge in [0.2, 0.25) is 10.0 Å². The molecule has 0 aromatic heterocycles. The number of nitro benzene ring substituents is 1. The zero-order valence-electron chi connectivity index (χ0n) is 13.1. The highest BCUT2D eigenvalue weighted by molar-refractivity contribution is 7.89. The lowest BCUT2D eigenvalue weighted by Crippen LogP contribution is -2.34. The monoisotopic (exact) mass is 342 g/mol. The lowest BCUT2D eigenvalue weighted by Gasteiger charge is -2.24. The van der Waals surface area contributed by atoms with E-state index in [2.05, 4.69) is 10.2 Å². The number of sulfonamides is 1. The molecule has 1 atom stereocenters. The maximum atomic E-state index is 11.4.